The molecule has 15 heavy (non-hydrogen) atoms. The van der Waals surface area contributed by atoms with Gasteiger partial charge < -0.3 is 10.0 Å². The van der Waals surface area contributed by atoms with Crippen LogP contribution in [-0.4, -0.2) is 33.1 Å². The molecule has 4 heteroatoms. The van der Waals surface area contributed by atoms with E-state index < -0.39 is 6.09 Å². The summed E-state index contributed by atoms with van der Waals surface area (Å²) >= 11 is 2.37. The Hall–Kier alpha value is 0. The zero-order chi connectivity index (χ0) is 11.6. The predicted molar refractivity (Wildman–Crippen MR) is 69.6 cm³/mol. The molecule has 0 aliphatic carbocycles. The lowest BCUT2D eigenvalue weighted by Crippen LogP contribution is -2.45. The minimum Gasteiger partial charge on any atom is -0.465 e. The number of halogens is 1. The lowest BCUT2D eigenvalue weighted by Gasteiger charge is -2.37. The normalized spacial score (nSPS) is 27.1. The van der Waals surface area contributed by atoms with E-state index in [1.165, 1.54) is 0 Å². The van der Waals surface area contributed by atoms with Crippen molar-refractivity contribution in [2.24, 2.45) is 11.3 Å². The van der Waals surface area contributed by atoms with Gasteiger partial charge in [0.05, 0.1) is 0 Å². The minimum absolute atomic E-state index is 0.0470. The van der Waals surface area contributed by atoms with Crippen molar-refractivity contribution in [3.63, 3.8) is 0 Å². The smallest absolute Gasteiger partial charge is 0.407 e. The maximum Gasteiger partial charge on any atom is 0.407 e. The average Bonchev–Trinajstić information content (AvgIpc) is 2.47. The Kier molecular flexibility index (Phi) is 4.26. The number of hydrogen-bond donors (Lipinski definition) is 1. The third-order valence-corrected chi connectivity index (χ3v) is 3.76. The molecule has 0 aromatic heterocycles. The third kappa shape index (κ3) is 2.98. The summed E-state index contributed by atoms with van der Waals surface area (Å²) in [5, 5.41) is 9.16. The van der Waals surface area contributed by atoms with Crippen molar-refractivity contribution in [1.29, 1.82) is 0 Å². The van der Waals surface area contributed by atoms with Crippen molar-refractivity contribution in [3.05, 3.63) is 0 Å². The Morgan fingerprint density at radius 3 is 2.53 bits per heavy atom. The Bertz CT molecular complexity index is 237. The second-order valence-corrected chi connectivity index (χ2v) is 6.39. The van der Waals surface area contributed by atoms with E-state index in [1.807, 2.05) is 0 Å². The molecule has 1 saturated heterocycles. The van der Waals surface area contributed by atoms with Gasteiger partial charge >= 0.3 is 6.09 Å². The summed E-state index contributed by atoms with van der Waals surface area (Å²) in [4.78, 5) is 12.8. The lowest BCUT2D eigenvalue weighted by molar-refractivity contribution is 0.0906. The number of carbonyl (C=O) groups is 1. The largest absolute Gasteiger partial charge is 0.465 e. The summed E-state index contributed by atoms with van der Waals surface area (Å²) in [5.41, 5.74) is 0.0470. The molecule has 88 valence electrons. The van der Waals surface area contributed by atoms with Crippen LogP contribution in [0.15, 0.2) is 0 Å². The molecule has 0 bridgehead atoms. The molecule has 1 amide bonds. The Balaban J connectivity index is 2.83. The number of hydrogen-bond acceptors (Lipinski definition) is 1. The molecular formula is C11H20INO2. The highest BCUT2D eigenvalue weighted by Crippen LogP contribution is 2.38. The molecule has 1 rings (SSSR count). The van der Waals surface area contributed by atoms with Crippen LogP contribution >= 0.6 is 22.6 Å². The first-order chi connectivity index (χ1) is 6.88. The van der Waals surface area contributed by atoms with Crippen molar-refractivity contribution in [2.75, 3.05) is 11.0 Å². The van der Waals surface area contributed by atoms with Crippen LogP contribution in [-0.2, 0) is 0 Å². The van der Waals surface area contributed by atoms with Gasteiger partial charge in [0.15, 0.2) is 0 Å². The Morgan fingerprint density at radius 2 is 2.13 bits per heavy atom. The van der Waals surface area contributed by atoms with Crippen LogP contribution in [0.25, 0.3) is 0 Å². The standard InChI is InChI=1S/C11H20INO2/c1-11(2,3)9-8(4-6-12)5-7-13(9)10(14)15/h8-9H,4-7H2,1-3H3,(H,14,15). The summed E-state index contributed by atoms with van der Waals surface area (Å²) in [7, 11) is 0. The lowest BCUT2D eigenvalue weighted by atomic mass is 9.78. The molecule has 0 spiro atoms. The van der Waals surface area contributed by atoms with Crippen molar-refractivity contribution in [1.82, 2.24) is 4.90 Å². The molecule has 0 saturated carbocycles. The monoisotopic (exact) mass is 325 g/mol. The van der Waals surface area contributed by atoms with E-state index in [-0.39, 0.29) is 11.5 Å². The van der Waals surface area contributed by atoms with Crippen LogP contribution < -0.4 is 0 Å². The first kappa shape index (κ1) is 13.1. The fraction of sp³-hybridized carbons (Fsp3) is 0.909. The third-order valence-electron chi connectivity index (χ3n) is 3.14. The average molecular weight is 325 g/mol. The molecule has 0 radical (unpaired) electrons. The molecular weight excluding hydrogens is 305 g/mol. The first-order valence-corrected chi connectivity index (χ1v) is 6.96. The van der Waals surface area contributed by atoms with E-state index in [0.717, 1.165) is 17.3 Å². The fourth-order valence-corrected chi connectivity index (χ4v) is 3.49. The zero-order valence-electron chi connectivity index (χ0n) is 9.66. The van der Waals surface area contributed by atoms with Crippen LogP contribution in [0.5, 0.6) is 0 Å². The molecule has 1 aliphatic rings. The van der Waals surface area contributed by atoms with Gasteiger partial charge in [-0.1, -0.05) is 43.4 Å². The Labute approximate surface area is 105 Å². The molecule has 2 atom stereocenters. The molecule has 1 aliphatic heterocycles. The molecule has 2 unspecified atom stereocenters. The van der Waals surface area contributed by atoms with Crippen LogP contribution in [0.1, 0.15) is 33.6 Å². The van der Waals surface area contributed by atoms with E-state index in [9.17, 15) is 4.79 Å². The van der Waals surface area contributed by atoms with Gasteiger partial charge in [-0.05, 0) is 28.6 Å². The van der Waals surface area contributed by atoms with E-state index >= 15 is 0 Å². The van der Waals surface area contributed by atoms with Crippen molar-refractivity contribution in [2.45, 2.75) is 39.7 Å². The van der Waals surface area contributed by atoms with Gasteiger partial charge in [0.1, 0.15) is 0 Å². The van der Waals surface area contributed by atoms with Crippen LogP contribution in [0.2, 0.25) is 0 Å². The number of amides is 1. The molecule has 3 nitrogen and oxygen atoms in total. The predicted octanol–water partition coefficient (Wildman–Crippen LogP) is 3.23. The van der Waals surface area contributed by atoms with E-state index in [2.05, 4.69) is 43.4 Å². The van der Waals surface area contributed by atoms with Crippen molar-refractivity contribution < 1.29 is 9.90 Å². The topological polar surface area (TPSA) is 40.5 Å². The zero-order valence-corrected chi connectivity index (χ0v) is 11.8. The van der Waals surface area contributed by atoms with Gasteiger partial charge in [-0.25, -0.2) is 4.79 Å². The molecule has 1 heterocycles. The number of rotatable bonds is 2. The summed E-state index contributed by atoms with van der Waals surface area (Å²) in [6.07, 6.45) is 1.40. The summed E-state index contributed by atoms with van der Waals surface area (Å²) in [6.45, 7) is 7.12. The number of alkyl halides is 1. The van der Waals surface area contributed by atoms with E-state index in [4.69, 9.17) is 5.11 Å². The summed E-state index contributed by atoms with van der Waals surface area (Å²) in [6, 6.07) is 0.185. The van der Waals surface area contributed by atoms with Crippen molar-refractivity contribution in [3.8, 4) is 0 Å². The Morgan fingerprint density at radius 1 is 1.53 bits per heavy atom. The molecule has 0 aromatic rings. The fourth-order valence-electron chi connectivity index (χ4n) is 2.69. The highest BCUT2D eigenvalue weighted by molar-refractivity contribution is 14.1. The SMILES string of the molecule is CC(C)(C)C1C(CCI)CCN1C(=O)O. The minimum atomic E-state index is -0.758. The van der Waals surface area contributed by atoms with Gasteiger partial charge in [0.25, 0.3) is 0 Å². The molecule has 0 aromatic carbocycles. The van der Waals surface area contributed by atoms with Gasteiger partial charge in [-0.2, -0.15) is 0 Å². The van der Waals surface area contributed by atoms with Gasteiger partial charge in [-0.15, -0.1) is 0 Å². The first-order valence-electron chi connectivity index (χ1n) is 5.43. The maximum absolute atomic E-state index is 11.1. The van der Waals surface area contributed by atoms with Crippen LogP contribution in [0, 0.1) is 11.3 Å². The highest BCUT2D eigenvalue weighted by atomic mass is 127. The molecule has 1 fully saturated rings. The second kappa shape index (κ2) is 4.89. The van der Waals surface area contributed by atoms with Gasteiger partial charge in [0.2, 0.25) is 0 Å². The van der Waals surface area contributed by atoms with Crippen LogP contribution in [0.4, 0.5) is 4.79 Å². The highest BCUT2D eigenvalue weighted by Gasteiger charge is 2.43. The van der Waals surface area contributed by atoms with E-state index in [1.54, 1.807) is 4.90 Å². The van der Waals surface area contributed by atoms with Crippen LogP contribution in [0.3, 0.4) is 0 Å². The van der Waals surface area contributed by atoms with E-state index in [0.29, 0.717) is 12.5 Å². The molecule has 1 N–H and O–H groups in total. The van der Waals surface area contributed by atoms with Gasteiger partial charge in [0, 0.05) is 12.6 Å². The maximum atomic E-state index is 11.1. The number of likely N-dealkylation sites (tertiary alicyclic amines) is 1. The quantitative estimate of drug-likeness (QED) is 0.625. The summed E-state index contributed by atoms with van der Waals surface area (Å²) in [5.74, 6) is 0.540. The number of nitrogens with zero attached hydrogens (tertiary/aromatic N) is 1. The second-order valence-electron chi connectivity index (χ2n) is 5.31. The van der Waals surface area contributed by atoms with Gasteiger partial charge in [-0.3, -0.25) is 0 Å². The van der Waals surface area contributed by atoms with Crippen molar-refractivity contribution >= 4 is 28.7 Å². The number of carboxylic acid groups (broad SMARTS) is 1. The summed E-state index contributed by atoms with van der Waals surface area (Å²) < 4.78 is 1.11.